The van der Waals surface area contributed by atoms with Crippen molar-refractivity contribution in [3.05, 3.63) is 29.8 Å². The summed E-state index contributed by atoms with van der Waals surface area (Å²) in [5.41, 5.74) is 0.435. The van der Waals surface area contributed by atoms with Crippen LogP contribution in [0.4, 0.5) is 4.39 Å². The summed E-state index contributed by atoms with van der Waals surface area (Å²) in [4.78, 5) is 10.7. The number of ketones is 1. The molecule has 0 radical (unpaired) electrons. The quantitative estimate of drug-likeness (QED) is 0.740. The Labute approximate surface area is 82.7 Å². The van der Waals surface area contributed by atoms with Crippen LogP contribution in [-0.2, 0) is 4.79 Å². The molecule has 1 atom stereocenters. The zero-order valence-electron chi connectivity index (χ0n) is 8.29. The van der Waals surface area contributed by atoms with Crippen LogP contribution in [0.1, 0.15) is 25.1 Å². The zero-order valence-corrected chi connectivity index (χ0v) is 8.29. The zero-order chi connectivity index (χ0) is 10.6. The van der Waals surface area contributed by atoms with Crippen molar-refractivity contribution in [3.63, 3.8) is 0 Å². The lowest BCUT2D eigenvalue weighted by Crippen LogP contribution is -2.01. The molecule has 1 aromatic carbocycles. The fraction of sp³-hybridized carbons (Fsp3) is 0.364. The van der Waals surface area contributed by atoms with Gasteiger partial charge in [0.1, 0.15) is 17.7 Å². The van der Waals surface area contributed by atoms with Crippen molar-refractivity contribution in [1.82, 2.24) is 0 Å². The monoisotopic (exact) mass is 196 g/mol. The van der Waals surface area contributed by atoms with Crippen LogP contribution in [-0.4, -0.2) is 12.9 Å². The molecule has 0 aliphatic rings. The van der Waals surface area contributed by atoms with E-state index in [0.29, 0.717) is 11.3 Å². The molecule has 0 aliphatic heterocycles. The smallest absolute Gasteiger partial charge is 0.136 e. The van der Waals surface area contributed by atoms with Gasteiger partial charge in [0.15, 0.2) is 0 Å². The second kappa shape index (κ2) is 4.74. The second-order valence-electron chi connectivity index (χ2n) is 3.12. The highest BCUT2D eigenvalue weighted by atomic mass is 19.1. The van der Waals surface area contributed by atoms with E-state index in [4.69, 9.17) is 4.74 Å². The van der Waals surface area contributed by atoms with E-state index in [1.165, 1.54) is 14.0 Å². The summed E-state index contributed by atoms with van der Waals surface area (Å²) in [6.45, 7) is 1.38. The number of carbonyl (C=O) groups excluding carboxylic acids is 1. The molecule has 0 spiro atoms. The van der Waals surface area contributed by atoms with Gasteiger partial charge in [0.05, 0.1) is 7.11 Å². The second-order valence-corrected chi connectivity index (χ2v) is 3.12. The standard InChI is InChI=1S/C11H13FO2/c1-8(13)7-10(12)9-5-3-4-6-11(9)14-2/h3-6,10H,7H2,1-2H3. The van der Waals surface area contributed by atoms with Gasteiger partial charge in [-0.15, -0.1) is 0 Å². The summed E-state index contributed by atoms with van der Waals surface area (Å²) >= 11 is 0. The first-order valence-corrected chi connectivity index (χ1v) is 4.41. The predicted molar refractivity (Wildman–Crippen MR) is 52.1 cm³/mol. The van der Waals surface area contributed by atoms with Crippen molar-refractivity contribution in [1.29, 1.82) is 0 Å². The number of hydrogen-bond acceptors (Lipinski definition) is 2. The summed E-state index contributed by atoms with van der Waals surface area (Å²) < 4.78 is 18.5. The van der Waals surface area contributed by atoms with Gasteiger partial charge in [0.2, 0.25) is 0 Å². The first-order chi connectivity index (χ1) is 6.65. The van der Waals surface area contributed by atoms with Crippen LogP contribution in [0.25, 0.3) is 0 Å². The molecule has 3 heteroatoms. The van der Waals surface area contributed by atoms with E-state index < -0.39 is 6.17 Å². The van der Waals surface area contributed by atoms with Gasteiger partial charge in [-0.3, -0.25) is 4.79 Å². The van der Waals surface area contributed by atoms with Crippen LogP contribution < -0.4 is 4.74 Å². The number of benzene rings is 1. The van der Waals surface area contributed by atoms with Gasteiger partial charge in [-0.1, -0.05) is 18.2 Å². The van der Waals surface area contributed by atoms with Crippen LogP contribution in [0.3, 0.4) is 0 Å². The normalized spacial score (nSPS) is 12.2. The molecular formula is C11H13FO2. The van der Waals surface area contributed by atoms with E-state index in [0.717, 1.165) is 0 Å². The van der Waals surface area contributed by atoms with Crippen molar-refractivity contribution < 1.29 is 13.9 Å². The number of rotatable bonds is 4. The maximum Gasteiger partial charge on any atom is 0.136 e. The van der Waals surface area contributed by atoms with Crippen LogP contribution in [0.15, 0.2) is 24.3 Å². The van der Waals surface area contributed by atoms with Gasteiger partial charge in [-0.25, -0.2) is 4.39 Å². The summed E-state index contributed by atoms with van der Waals surface area (Å²) in [7, 11) is 1.49. The number of alkyl halides is 1. The molecule has 0 amide bonds. The average Bonchev–Trinajstić information content (AvgIpc) is 2.16. The van der Waals surface area contributed by atoms with E-state index in [-0.39, 0.29) is 12.2 Å². The van der Waals surface area contributed by atoms with E-state index in [2.05, 4.69) is 0 Å². The molecule has 0 aromatic heterocycles. The van der Waals surface area contributed by atoms with Crippen molar-refractivity contribution in [3.8, 4) is 5.75 Å². The number of Topliss-reactive ketones (excluding diaryl/α,β-unsaturated/α-hetero) is 1. The van der Waals surface area contributed by atoms with Gasteiger partial charge in [0, 0.05) is 12.0 Å². The van der Waals surface area contributed by atoms with Gasteiger partial charge in [0.25, 0.3) is 0 Å². The Kier molecular flexibility index (Phi) is 3.63. The number of halogens is 1. The minimum absolute atomic E-state index is 0.0969. The summed E-state index contributed by atoms with van der Waals surface area (Å²) in [5.74, 6) is 0.324. The lowest BCUT2D eigenvalue weighted by molar-refractivity contribution is -0.118. The fourth-order valence-electron chi connectivity index (χ4n) is 1.29. The molecule has 1 unspecified atom stereocenters. The molecule has 0 saturated carbocycles. The number of para-hydroxylation sites is 1. The Morgan fingerprint density at radius 1 is 1.50 bits per heavy atom. The first-order valence-electron chi connectivity index (χ1n) is 4.41. The van der Waals surface area contributed by atoms with Crippen LogP contribution in [0, 0.1) is 0 Å². The lowest BCUT2D eigenvalue weighted by Gasteiger charge is -2.10. The van der Waals surface area contributed by atoms with E-state index >= 15 is 0 Å². The topological polar surface area (TPSA) is 26.3 Å². The fourth-order valence-corrected chi connectivity index (χ4v) is 1.29. The number of hydrogen-bond donors (Lipinski definition) is 0. The van der Waals surface area contributed by atoms with Crippen LogP contribution in [0.5, 0.6) is 5.75 Å². The third-order valence-electron chi connectivity index (χ3n) is 1.94. The van der Waals surface area contributed by atoms with Crippen molar-refractivity contribution in [2.24, 2.45) is 0 Å². The molecule has 14 heavy (non-hydrogen) atoms. The van der Waals surface area contributed by atoms with E-state index in [1.807, 2.05) is 0 Å². The van der Waals surface area contributed by atoms with Gasteiger partial charge in [-0.05, 0) is 13.0 Å². The minimum atomic E-state index is -1.27. The molecule has 0 fully saturated rings. The number of carbonyl (C=O) groups is 1. The molecule has 2 nitrogen and oxygen atoms in total. The molecule has 0 saturated heterocycles. The van der Waals surface area contributed by atoms with E-state index in [1.54, 1.807) is 24.3 Å². The molecular weight excluding hydrogens is 183 g/mol. The molecule has 0 N–H and O–H groups in total. The highest BCUT2D eigenvalue weighted by Gasteiger charge is 2.15. The molecule has 76 valence electrons. The van der Waals surface area contributed by atoms with E-state index in [9.17, 15) is 9.18 Å². The Balaban J connectivity index is 2.87. The maximum atomic E-state index is 13.5. The predicted octanol–water partition coefficient (Wildman–Crippen LogP) is 2.68. The Hall–Kier alpha value is -1.38. The van der Waals surface area contributed by atoms with Crippen LogP contribution >= 0.6 is 0 Å². The molecule has 0 bridgehead atoms. The number of ether oxygens (including phenoxy) is 1. The first kappa shape index (κ1) is 10.7. The van der Waals surface area contributed by atoms with Crippen molar-refractivity contribution in [2.75, 3.05) is 7.11 Å². The molecule has 0 aliphatic carbocycles. The van der Waals surface area contributed by atoms with Crippen molar-refractivity contribution >= 4 is 5.78 Å². The Morgan fingerprint density at radius 3 is 2.71 bits per heavy atom. The Bertz CT molecular complexity index is 323. The largest absolute Gasteiger partial charge is 0.496 e. The molecule has 1 aromatic rings. The van der Waals surface area contributed by atoms with Crippen molar-refractivity contribution in [2.45, 2.75) is 19.5 Å². The van der Waals surface area contributed by atoms with Gasteiger partial charge >= 0.3 is 0 Å². The Morgan fingerprint density at radius 2 is 2.14 bits per heavy atom. The minimum Gasteiger partial charge on any atom is -0.496 e. The third-order valence-corrected chi connectivity index (χ3v) is 1.94. The lowest BCUT2D eigenvalue weighted by atomic mass is 10.1. The van der Waals surface area contributed by atoms with Gasteiger partial charge < -0.3 is 4.74 Å². The maximum absolute atomic E-state index is 13.5. The third kappa shape index (κ3) is 2.55. The molecule has 0 heterocycles. The number of methoxy groups -OCH3 is 1. The SMILES string of the molecule is COc1ccccc1C(F)CC(C)=O. The highest BCUT2D eigenvalue weighted by molar-refractivity contribution is 5.76. The van der Waals surface area contributed by atoms with Gasteiger partial charge in [-0.2, -0.15) is 0 Å². The summed E-state index contributed by atoms with van der Waals surface area (Å²) in [6, 6.07) is 6.81. The van der Waals surface area contributed by atoms with Crippen LogP contribution in [0.2, 0.25) is 0 Å². The summed E-state index contributed by atoms with van der Waals surface area (Å²) in [5, 5.41) is 0. The summed E-state index contributed by atoms with van der Waals surface area (Å²) in [6.07, 6.45) is -1.37. The highest BCUT2D eigenvalue weighted by Crippen LogP contribution is 2.29. The average molecular weight is 196 g/mol. The molecule has 1 rings (SSSR count).